The summed E-state index contributed by atoms with van der Waals surface area (Å²) in [5.41, 5.74) is 0. The predicted molar refractivity (Wildman–Crippen MR) is 63.9 cm³/mol. The Balaban J connectivity index is 0.00000128. The molecule has 0 nitrogen and oxygen atoms in total. The van der Waals surface area contributed by atoms with E-state index >= 15 is 0 Å². The van der Waals surface area contributed by atoms with Crippen LogP contribution in [0.3, 0.4) is 0 Å². The molecule has 0 atom stereocenters. The summed E-state index contributed by atoms with van der Waals surface area (Å²) in [6, 6.07) is 21.8. The van der Waals surface area contributed by atoms with Crippen LogP contribution in [0.4, 0.5) is 0 Å². The first-order chi connectivity index (χ1) is 7.42. The minimum absolute atomic E-state index is 0. The van der Waals surface area contributed by atoms with Crippen molar-refractivity contribution in [1.29, 1.82) is 0 Å². The molecule has 0 fully saturated rings. The molecule has 0 saturated carbocycles. The van der Waals surface area contributed by atoms with Crippen molar-refractivity contribution >= 4 is 18.5 Å². The van der Waals surface area contributed by atoms with Gasteiger partial charge >= 0.3 is 102 Å². The Hall–Kier alpha value is -0.217. The molecule has 0 aliphatic rings. The molecule has 2 aromatic carbocycles. The van der Waals surface area contributed by atoms with Gasteiger partial charge < -0.3 is 12.4 Å². The van der Waals surface area contributed by atoms with Crippen molar-refractivity contribution in [3.05, 3.63) is 60.7 Å². The zero-order chi connectivity index (χ0) is 10.5. The second-order valence-electron chi connectivity index (χ2n) is 3.32. The van der Waals surface area contributed by atoms with Crippen molar-refractivity contribution in [1.82, 2.24) is 0 Å². The Morgan fingerprint density at radius 3 is 1.44 bits per heavy atom. The van der Waals surface area contributed by atoms with Crippen molar-refractivity contribution in [3.8, 4) is 0 Å². The van der Waals surface area contributed by atoms with Crippen LogP contribution in [0.15, 0.2) is 60.7 Å². The molecule has 0 radical (unpaired) electrons. The van der Waals surface area contributed by atoms with Gasteiger partial charge in [0, 0.05) is 0 Å². The molecule has 0 spiro atoms. The maximum absolute atomic E-state index is 2.26. The summed E-state index contributed by atoms with van der Waals surface area (Å²) in [6.45, 7) is 0. The number of hydrogen-bond acceptors (Lipinski definition) is 0. The normalized spacial score (nSPS) is 9.94. The Morgan fingerprint density at radius 1 is 0.750 bits per heavy atom. The SMILES string of the molecule is [Cl-].[Zn+][CH2]P(c1ccccc1)c1ccccc1. The van der Waals surface area contributed by atoms with Gasteiger partial charge in [-0.1, -0.05) is 0 Å². The molecule has 0 aromatic heterocycles. The van der Waals surface area contributed by atoms with Crippen LogP contribution in [0.25, 0.3) is 0 Å². The van der Waals surface area contributed by atoms with Crippen LogP contribution in [-0.2, 0) is 18.3 Å². The van der Waals surface area contributed by atoms with E-state index in [1.54, 1.807) is 0 Å². The molecule has 0 aliphatic heterocycles. The fourth-order valence-electron chi connectivity index (χ4n) is 1.62. The van der Waals surface area contributed by atoms with E-state index in [1.165, 1.54) is 33.7 Å². The predicted octanol–water partition coefficient (Wildman–Crippen LogP) is -0.372. The number of benzene rings is 2. The zero-order valence-corrected chi connectivity index (χ0v) is 13.6. The number of rotatable bonds is 3. The van der Waals surface area contributed by atoms with Gasteiger partial charge in [-0.3, -0.25) is 0 Å². The summed E-state index contributed by atoms with van der Waals surface area (Å²) in [5.74, 6) is 0. The topological polar surface area (TPSA) is 0 Å². The molecular formula is C13H12ClPZn. The van der Waals surface area contributed by atoms with Gasteiger partial charge in [-0.2, -0.15) is 0 Å². The molecule has 0 N–H and O–H groups in total. The summed E-state index contributed by atoms with van der Waals surface area (Å²) in [5, 5.41) is 3.01. The zero-order valence-electron chi connectivity index (χ0n) is 9.01. The molecule has 0 unspecified atom stereocenters. The second kappa shape index (κ2) is 7.18. The van der Waals surface area contributed by atoms with E-state index < -0.39 is 0 Å². The van der Waals surface area contributed by atoms with E-state index in [0.717, 1.165) is 0 Å². The van der Waals surface area contributed by atoms with Crippen LogP contribution < -0.4 is 23.0 Å². The molecule has 78 valence electrons. The van der Waals surface area contributed by atoms with Crippen molar-refractivity contribution in [2.75, 3.05) is 4.76 Å². The Morgan fingerprint density at radius 2 is 1.12 bits per heavy atom. The van der Waals surface area contributed by atoms with Crippen LogP contribution >= 0.6 is 7.92 Å². The molecule has 0 bridgehead atoms. The maximum atomic E-state index is 2.26. The van der Waals surface area contributed by atoms with Gasteiger partial charge in [0.2, 0.25) is 0 Å². The Bertz CT molecular complexity index is 365. The van der Waals surface area contributed by atoms with Crippen LogP contribution in [0.1, 0.15) is 0 Å². The van der Waals surface area contributed by atoms with E-state index in [4.69, 9.17) is 0 Å². The third-order valence-electron chi connectivity index (χ3n) is 2.36. The molecule has 0 heterocycles. The van der Waals surface area contributed by atoms with Crippen molar-refractivity contribution in [3.63, 3.8) is 0 Å². The van der Waals surface area contributed by atoms with Gasteiger partial charge in [0.15, 0.2) is 0 Å². The van der Waals surface area contributed by atoms with Crippen LogP contribution in [0, 0.1) is 0 Å². The minimum atomic E-state index is -0.0931. The van der Waals surface area contributed by atoms with Crippen LogP contribution in [-0.4, -0.2) is 4.76 Å². The van der Waals surface area contributed by atoms with Crippen molar-refractivity contribution in [2.45, 2.75) is 0 Å². The first-order valence-electron chi connectivity index (χ1n) is 5.08. The molecule has 3 heteroatoms. The van der Waals surface area contributed by atoms with E-state index in [1.807, 2.05) is 0 Å². The fraction of sp³-hybridized carbons (Fsp3) is 0.0769. The van der Waals surface area contributed by atoms with Gasteiger partial charge in [-0.05, 0) is 0 Å². The fourth-order valence-corrected chi connectivity index (χ4v) is 6.75. The van der Waals surface area contributed by atoms with Gasteiger partial charge in [-0.15, -0.1) is 0 Å². The van der Waals surface area contributed by atoms with Crippen molar-refractivity contribution in [2.24, 2.45) is 0 Å². The molecule has 0 amide bonds. The first-order valence-corrected chi connectivity index (χ1v) is 8.71. The van der Waals surface area contributed by atoms with Crippen molar-refractivity contribution < 1.29 is 30.7 Å². The van der Waals surface area contributed by atoms with E-state index in [2.05, 4.69) is 60.7 Å². The average Bonchev–Trinajstić information content (AvgIpc) is 2.33. The van der Waals surface area contributed by atoms with Gasteiger partial charge in [0.05, 0.1) is 0 Å². The van der Waals surface area contributed by atoms with Crippen LogP contribution in [0.2, 0.25) is 0 Å². The molecule has 0 aliphatic carbocycles. The third-order valence-corrected chi connectivity index (χ3v) is 7.46. The summed E-state index contributed by atoms with van der Waals surface area (Å²) < 4.78 is 1.34. The standard InChI is InChI=1S/C13H12P.ClH.Zn/c1-14(12-8-4-2-5-9-12)13-10-6-3-7-11-13;;/h2-11H,1H2;1H;/q;;+1/p-1. The third kappa shape index (κ3) is 3.39. The van der Waals surface area contributed by atoms with Gasteiger partial charge in [0.25, 0.3) is 0 Å². The summed E-state index contributed by atoms with van der Waals surface area (Å²) >= 11 is 1.37. The average molecular weight is 300 g/mol. The van der Waals surface area contributed by atoms with E-state index in [0.29, 0.717) is 0 Å². The molecule has 16 heavy (non-hydrogen) atoms. The van der Waals surface area contributed by atoms with Crippen LogP contribution in [0.5, 0.6) is 0 Å². The molecule has 2 rings (SSSR count). The second-order valence-corrected chi connectivity index (χ2v) is 8.47. The Labute approximate surface area is 114 Å². The number of halogens is 1. The van der Waals surface area contributed by atoms with Gasteiger partial charge in [-0.25, -0.2) is 0 Å². The van der Waals surface area contributed by atoms with E-state index in [9.17, 15) is 0 Å². The molecular weight excluding hydrogens is 288 g/mol. The van der Waals surface area contributed by atoms with E-state index in [-0.39, 0.29) is 20.3 Å². The first kappa shape index (κ1) is 13.8. The summed E-state index contributed by atoms with van der Waals surface area (Å²) in [7, 11) is -0.0931. The monoisotopic (exact) mass is 298 g/mol. The molecule has 2 aromatic rings. The number of hydrogen-bond donors (Lipinski definition) is 0. The molecule has 0 saturated heterocycles. The van der Waals surface area contributed by atoms with Gasteiger partial charge in [0.1, 0.15) is 0 Å². The summed E-state index contributed by atoms with van der Waals surface area (Å²) in [4.78, 5) is 0. The Kier molecular flexibility index (Phi) is 6.21. The quantitative estimate of drug-likeness (QED) is 0.536. The summed E-state index contributed by atoms with van der Waals surface area (Å²) in [6.07, 6.45) is 0.